The predicted molar refractivity (Wildman–Crippen MR) is 141 cm³/mol. The molecule has 1 heterocycles. The van der Waals surface area contributed by atoms with E-state index in [-0.39, 0.29) is 18.3 Å². The molecule has 0 saturated heterocycles. The second kappa shape index (κ2) is 12.2. The molecular formula is C23H27BrClN3O4S. The van der Waals surface area contributed by atoms with E-state index in [1.807, 2.05) is 37.2 Å². The summed E-state index contributed by atoms with van der Waals surface area (Å²) in [5.41, 5.74) is 1.62. The zero-order valence-corrected chi connectivity index (χ0v) is 22.3. The lowest BCUT2D eigenvalue weighted by Gasteiger charge is -2.20. The Morgan fingerprint density at radius 1 is 1.06 bits per heavy atom. The second-order valence-corrected chi connectivity index (χ2v) is 9.12. The number of rotatable bonds is 9. The van der Waals surface area contributed by atoms with Crippen molar-refractivity contribution in [1.29, 1.82) is 0 Å². The molecule has 0 unspecified atom stereocenters. The van der Waals surface area contributed by atoms with Gasteiger partial charge in [0.1, 0.15) is 0 Å². The average molecular weight is 557 g/mol. The maximum Gasteiger partial charge on any atom is 0.252 e. The Morgan fingerprint density at radius 3 is 2.30 bits per heavy atom. The molecule has 3 aromatic rings. The maximum atomic E-state index is 13.2. The van der Waals surface area contributed by atoms with Gasteiger partial charge >= 0.3 is 0 Å². The van der Waals surface area contributed by atoms with E-state index >= 15 is 0 Å². The van der Waals surface area contributed by atoms with Crippen LogP contribution < -0.4 is 19.1 Å². The number of fused-ring (bicyclic) bond motifs is 1. The molecule has 0 radical (unpaired) electrons. The number of halogens is 2. The van der Waals surface area contributed by atoms with Crippen LogP contribution in [0.3, 0.4) is 0 Å². The minimum Gasteiger partial charge on any atom is -0.493 e. The largest absolute Gasteiger partial charge is 0.493 e. The molecule has 3 rings (SSSR count). The Morgan fingerprint density at radius 2 is 1.73 bits per heavy atom. The Hall–Kier alpha value is -2.33. The van der Waals surface area contributed by atoms with Crippen molar-refractivity contribution in [3.8, 4) is 17.2 Å². The van der Waals surface area contributed by atoms with Gasteiger partial charge in [-0.3, -0.25) is 9.69 Å². The number of carbonyl (C=O) groups excluding carboxylic acids is 1. The molecule has 33 heavy (non-hydrogen) atoms. The van der Waals surface area contributed by atoms with Gasteiger partial charge in [0.2, 0.25) is 5.75 Å². The number of likely N-dealkylation sites (N-methyl/N-ethyl adjacent to an activating group) is 1. The van der Waals surface area contributed by atoms with Crippen molar-refractivity contribution >= 4 is 67.0 Å². The summed E-state index contributed by atoms with van der Waals surface area (Å²) >= 11 is 4.99. The summed E-state index contributed by atoms with van der Waals surface area (Å²) in [7, 11) is 8.63. The molecule has 7 nitrogen and oxygen atoms in total. The van der Waals surface area contributed by atoms with E-state index in [1.54, 1.807) is 50.5 Å². The standard InChI is InChI=1S/C23H26BrN3O4S.ClH/c1-26(2)10-11-27(23-25-17-8-7-16(24)14-20(17)32-23)21(28)9-6-15-12-18(29-3)22(31-5)19(13-15)30-4;/h6-9,12-14H,10-11H2,1-5H3;1H. The summed E-state index contributed by atoms with van der Waals surface area (Å²) in [4.78, 5) is 21.6. The monoisotopic (exact) mass is 555 g/mol. The number of ether oxygens (including phenoxy) is 3. The Labute approximate surface area is 212 Å². The maximum absolute atomic E-state index is 13.2. The first-order valence-corrected chi connectivity index (χ1v) is 11.5. The molecule has 10 heteroatoms. The molecule has 0 N–H and O–H groups in total. The summed E-state index contributed by atoms with van der Waals surface area (Å²) in [5, 5.41) is 0.666. The van der Waals surface area contributed by atoms with Crippen LogP contribution in [0.4, 0.5) is 5.13 Å². The number of hydrogen-bond donors (Lipinski definition) is 0. The van der Waals surface area contributed by atoms with E-state index in [1.165, 1.54) is 11.3 Å². The number of methoxy groups -OCH3 is 3. The SMILES string of the molecule is COc1cc(C=CC(=O)N(CCN(C)C)c2nc3ccc(Br)cc3s2)cc(OC)c1OC.Cl. The first kappa shape index (κ1) is 26.9. The molecule has 2 aromatic carbocycles. The van der Waals surface area contributed by atoms with E-state index in [4.69, 9.17) is 14.2 Å². The van der Waals surface area contributed by atoms with Crippen LogP contribution in [0.25, 0.3) is 16.3 Å². The Bertz CT molecular complexity index is 1110. The van der Waals surface area contributed by atoms with Crippen LogP contribution in [0, 0.1) is 0 Å². The fraction of sp³-hybridized carbons (Fsp3) is 0.304. The van der Waals surface area contributed by atoms with Crippen LogP contribution in [0.15, 0.2) is 40.9 Å². The zero-order chi connectivity index (χ0) is 23.3. The number of anilines is 1. The number of thiazole rings is 1. The quantitative estimate of drug-likeness (QED) is 0.341. The molecule has 0 aliphatic rings. The first-order valence-electron chi connectivity index (χ1n) is 9.86. The predicted octanol–water partition coefficient (Wildman–Crippen LogP) is 5.11. The van der Waals surface area contributed by atoms with Gasteiger partial charge in [-0.1, -0.05) is 27.3 Å². The van der Waals surface area contributed by atoms with Crippen molar-refractivity contribution in [3.63, 3.8) is 0 Å². The number of benzene rings is 2. The molecule has 0 spiro atoms. The molecule has 0 atom stereocenters. The van der Waals surface area contributed by atoms with E-state index < -0.39 is 0 Å². The van der Waals surface area contributed by atoms with Crippen molar-refractivity contribution < 1.29 is 19.0 Å². The van der Waals surface area contributed by atoms with Gasteiger partial charge in [-0.05, 0) is 56.1 Å². The van der Waals surface area contributed by atoms with Crippen LogP contribution in [-0.4, -0.2) is 64.3 Å². The summed E-state index contributed by atoms with van der Waals surface area (Å²) in [6, 6.07) is 9.49. The van der Waals surface area contributed by atoms with Crippen LogP contribution in [0.5, 0.6) is 17.2 Å². The highest BCUT2D eigenvalue weighted by Gasteiger charge is 2.19. The zero-order valence-electron chi connectivity index (χ0n) is 19.1. The van der Waals surface area contributed by atoms with Crippen molar-refractivity contribution in [2.45, 2.75) is 0 Å². The third kappa shape index (κ3) is 6.60. The number of aromatic nitrogens is 1. The molecule has 1 amide bonds. The highest BCUT2D eigenvalue weighted by atomic mass is 79.9. The highest BCUT2D eigenvalue weighted by molar-refractivity contribution is 9.10. The fourth-order valence-electron chi connectivity index (χ4n) is 3.06. The van der Waals surface area contributed by atoms with Gasteiger partial charge in [0.25, 0.3) is 5.91 Å². The number of hydrogen-bond acceptors (Lipinski definition) is 7. The number of carbonyl (C=O) groups is 1. The highest BCUT2D eigenvalue weighted by Crippen LogP contribution is 2.38. The summed E-state index contributed by atoms with van der Waals surface area (Å²) in [6.07, 6.45) is 3.28. The van der Waals surface area contributed by atoms with Gasteiger partial charge in [0.15, 0.2) is 16.6 Å². The van der Waals surface area contributed by atoms with Crippen LogP contribution in [0.2, 0.25) is 0 Å². The van der Waals surface area contributed by atoms with Crippen molar-refractivity contribution in [2.75, 3.05) is 53.4 Å². The molecule has 0 saturated carbocycles. The lowest BCUT2D eigenvalue weighted by atomic mass is 10.1. The van der Waals surface area contributed by atoms with Gasteiger partial charge in [0.05, 0.1) is 31.5 Å². The van der Waals surface area contributed by atoms with Crippen LogP contribution >= 0.6 is 39.7 Å². The van der Waals surface area contributed by atoms with Crippen LogP contribution in [-0.2, 0) is 4.79 Å². The third-order valence-corrected chi connectivity index (χ3v) is 6.25. The lowest BCUT2D eigenvalue weighted by Crippen LogP contribution is -2.35. The van der Waals surface area contributed by atoms with Gasteiger partial charge in [-0.25, -0.2) is 4.98 Å². The molecule has 0 aliphatic heterocycles. The molecule has 1 aromatic heterocycles. The lowest BCUT2D eigenvalue weighted by molar-refractivity contribution is -0.114. The van der Waals surface area contributed by atoms with E-state index in [0.717, 1.165) is 20.3 Å². The Kier molecular flexibility index (Phi) is 9.97. The summed E-state index contributed by atoms with van der Waals surface area (Å²) in [5.74, 6) is 1.41. The van der Waals surface area contributed by atoms with Crippen molar-refractivity contribution in [2.24, 2.45) is 0 Å². The average Bonchev–Trinajstić information content (AvgIpc) is 3.19. The van der Waals surface area contributed by atoms with E-state index in [2.05, 4.69) is 20.9 Å². The molecule has 0 bridgehead atoms. The normalized spacial score (nSPS) is 11.0. The molecule has 178 valence electrons. The van der Waals surface area contributed by atoms with E-state index in [0.29, 0.717) is 35.5 Å². The minimum absolute atomic E-state index is 0. The van der Waals surface area contributed by atoms with Crippen LogP contribution in [0.1, 0.15) is 5.56 Å². The Balaban J connectivity index is 0.00000385. The smallest absolute Gasteiger partial charge is 0.252 e. The fourth-order valence-corrected chi connectivity index (χ4v) is 4.61. The molecular weight excluding hydrogens is 530 g/mol. The van der Waals surface area contributed by atoms with E-state index in [9.17, 15) is 4.79 Å². The van der Waals surface area contributed by atoms with Gasteiger partial charge < -0.3 is 19.1 Å². The summed E-state index contributed by atoms with van der Waals surface area (Å²) < 4.78 is 18.2. The second-order valence-electron chi connectivity index (χ2n) is 7.19. The van der Waals surface area contributed by atoms with Crippen molar-refractivity contribution in [1.82, 2.24) is 9.88 Å². The number of amides is 1. The van der Waals surface area contributed by atoms with Gasteiger partial charge in [0, 0.05) is 23.6 Å². The number of nitrogens with zero attached hydrogens (tertiary/aromatic N) is 3. The topological polar surface area (TPSA) is 64.1 Å². The first-order chi connectivity index (χ1) is 15.4. The molecule has 0 fully saturated rings. The van der Waals surface area contributed by atoms with Gasteiger partial charge in [-0.15, -0.1) is 12.4 Å². The third-order valence-electron chi connectivity index (χ3n) is 4.71. The summed E-state index contributed by atoms with van der Waals surface area (Å²) in [6.45, 7) is 1.23. The van der Waals surface area contributed by atoms with Gasteiger partial charge in [-0.2, -0.15) is 0 Å². The molecule has 0 aliphatic carbocycles. The minimum atomic E-state index is -0.154. The van der Waals surface area contributed by atoms with Crippen molar-refractivity contribution in [3.05, 3.63) is 46.4 Å².